The van der Waals surface area contributed by atoms with Gasteiger partial charge in [0.05, 0.1) is 0 Å². The summed E-state index contributed by atoms with van der Waals surface area (Å²) in [5, 5.41) is 0. The third kappa shape index (κ3) is 56.2. The first-order valence-corrected chi connectivity index (χ1v) is 30.2. The molecule has 0 aromatic heterocycles. The van der Waals surface area contributed by atoms with Crippen molar-refractivity contribution in [3.63, 3.8) is 0 Å². The molecule has 0 saturated carbocycles. The van der Waals surface area contributed by atoms with Crippen LogP contribution in [-0.2, 0) is 28.6 Å². The fourth-order valence-electron chi connectivity index (χ4n) is 8.76. The van der Waals surface area contributed by atoms with Gasteiger partial charge in [0, 0.05) is 19.3 Å². The fraction of sp³-hybridized carbons (Fsp3) is 0.825. The van der Waals surface area contributed by atoms with E-state index in [0.29, 0.717) is 19.3 Å². The van der Waals surface area contributed by atoms with Gasteiger partial charge in [-0.2, -0.15) is 0 Å². The zero-order chi connectivity index (χ0) is 50.0. The van der Waals surface area contributed by atoms with Gasteiger partial charge in [0.25, 0.3) is 0 Å². The van der Waals surface area contributed by atoms with Gasteiger partial charge in [0.2, 0.25) is 0 Å². The van der Waals surface area contributed by atoms with Gasteiger partial charge in [-0.05, 0) is 77.0 Å². The minimum atomic E-state index is -0.777. The Bertz CT molecular complexity index is 1200. The number of rotatable bonds is 55. The van der Waals surface area contributed by atoms with Crippen LogP contribution < -0.4 is 0 Å². The number of hydrogen-bond donors (Lipinski definition) is 0. The molecule has 0 bridgehead atoms. The molecule has 1 unspecified atom stereocenters. The lowest BCUT2D eigenvalue weighted by Crippen LogP contribution is -2.30. The minimum Gasteiger partial charge on any atom is -0.462 e. The largest absolute Gasteiger partial charge is 0.462 e. The van der Waals surface area contributed by atoms with Gasteiger partial charge in [0.15, 0.2) is 6.10 Å². The van der Waals surface area contributed by atoms with Crippen LogP contribution in [0.25, 0.3) is 0 Å². The van der Waals surface area contributed by atoms with Crippen molar-refractivity contribution in [3.8, 4) is 0 Å². The van der Waals surface area contributed by atoms with Crippen molar-refractivity contribution in [1.29, 1.82) is 0 Å². The molecule has 0 aromatic carbocycles. The standard InChI is InChI=1S/C63H114O6/c1-4-7-10-13-16-19-22-25-28-30-31-33-35-38-41-44-47-50-53-56-62(65)68-59-60(58-67-61(64)55-52-49-46-43-40-37-34-27-24-21-18-15-12-9-6-3)69-63(66)57-54-51-48-45-42-39-36-32-29-26-23-20-17-14-11-8-5-2/h16-17,19-20,22,25-26,29,60H,4-15,18,21,23-24,27-28,30-59H2,1-3H3/b19-16-,20-17-,25-22-,29-26-. The van der Waals surface area contributed by atoms with Crippen molar-refractivity contribution in [1.82, 2.24) is 0 Å². The van der Waals surface area contributed by atoms with Crippen LogP contribution in [0.4, 0.5) is 0 Å². The van der Waals surface area contributed by atoms with Crippen LogP contribution in [0.15, 0.2) is 48.6 Å². The zero-order valence-electron chi connectivity index (χ0n) is 46.1. The Morgan fingerprint density at radius 2 is 0.565 bits per heavy atom. The SMILES string of the molecule is CCCCC/C=C\C=C/CCCCCCCCCCCCC(=O)OCC(COC(=O)CCCCCCCCCCCCCCCCC)OC(=O)CCCCCCCCC/C=C\C/C=C\CCCCC. The van der Waals surface area contributed by atoms with Crippen LogP contribution in [0.5, 0.6) is 0 Å². The van der Waals surface area contributed by atoms with Crippen LogP contribution in [0.3, 0.4) is 0 Å². The van der Waals surface area contributed by atoms with Gasteiger partial charge < -0.3 is 14.2 Å². The first-order valence-electron chi connectivity index (χ1n) is 30.2. The number of ether oxygens (including phenoxy) is 3. The molecule has 0 spiro atoms. The number of hydrogen-bond acceptors (Lipinski definition) is 6. The van der Waals surface area contributed by atoms with Crippen molar-refractivity contribution < 1.29 is 28.6 Å². The maximum atomic E-state index is 12.9. The third-order valence-electron chi connectivity index (χ3n) is 13.3. The highest BCUT2D eigenvalue weighted by Gasteiger charge is 2.19. The number of esters is 3. The van der Waals surface area contributed by atoms with Crippen molar-refractivity contribution in [2.24, 2.45) is 0 Å². The molecule has 0 aliphatic heterocycles. The molecule has 402 valence electrons. The van der Waals surface area contributed by atoms with E-state index in [2.05, 4.69) is 69.4 Å². The predicted molar refractivity (Wildman–Crippen MR) is 298 cm³/mol. The molecule has 0 aromatic rings. The van der Waals surface area contributed by atoms with Gasteiger partial charge >= 0.3 is 17.9 Å². The van der Waals surface area contributed by atoms with Crippen molar-refractivity contribution in [2.45, 2.75) is 322 Å². The maximum absolute atomic E-state index is 12.9. The zero-order valence-corrected chi connectivity index (χ0v) is 46.1. The van der Waals surface area contributed by atoms with Crippen molar-refractivity contribution in [3.05, 3.63) is 48.6 Å². The quantitative estimate of drug-likeness (QED) is 0.0199. The predicted octanol–water partition coefficient (Wildman–Crippen LogP) is 20.2. The van der Waals surface area contributed by atoms with Gasteiger partial charge in [-0.1, -0.05) is 268 Å². The first-order chi connectivity index (χ1) is 34.0. The molecule has 0 aliphatic rings. The second-order valence-corrected chi connectivity index (χ2v) is 20.3. The van der Waals surface area contributed by atoms with E-state index in [0.717, 1.165) is 70.6 Å². The highest BCUT2D eigenvalue weighted by Crippen LogP contribution is 2.17. The summed E-state index contributed by atoms with van der Waals surface area (Å²) in [5.74, 6) is -0.868. The van der Waals surface area contributed by atoms with Crippen molar-refractivity contribution >= 4 is 17.9 Å². The Kier molecular flexibility index (Phi) is 55.7. The molecule has 1 atom stereocenters. The van der Waals surface area contributed by atoms with E-state index in [1.807, 2.05) is 0 Å². The second kappa shape index (κ2) is 57.9. The molecule has 0 heterocycles. The summed E-state index contributed by atoms with van der Waals surface area (Å²) in [4.78, 5) is 38.2. The van der Waals surface area contributed by atoms with Crippen LogP contribution in [-0.4, -0.2) is 37.2 Å². The van der Waals surface area contributed by atoms with E-state index in [9.17, 15) is 14.4 Å². The molecule has 0 amide bonds. The Morgan fingerprint density at radius 3 is 0.913 bits per heavy atom. The number of allylic oxidation sites excluding steroid dienone is 8. The lowest BCUT2D eigenvalue weighted by molar-refractivity contribution is -0.167. The lowest BCUT2D eigenvalue weighted by Gasteiger charge is -2.18. The lowest BCUT2D eigenvalue weighted by atomic mass is 10.0. The fourth-order valence-corrected chi connectivity index (χ4v) is 8.76. The summed E-state index contributed by atoms with van der Waals surface area (Å²) in [5.41, 5.74) is 0. The van der Waals surface area contributed by atoms with E-state index in [4.69, 9.17) is 14.2 Å². The number of carbonyl (C=O) groups is 3. The van der Waals surface area contributed by atoms with E-state index < -0.39 is 6.10 Å². The Morgan fingerprint density at radius 1 is 0.304 bits per heavy atom. The van der Waals surface area contributed by atoms with E-state index in [1.165, 1.54) is 205 Å². The molecule has 0 N–H and O–H groups in total. The van der Waals surface area contributed by atoms with Crippen molar-refractivity contribution in [2.75, 3.05) is 13.2 Å². The molecule has 0 rings (SSSR count). The molecule has 6 nitrogen and oxygen atoms in total. The minimum absolute atomic E-state index is 0.0740. The second-order valence-electron chi connectivity index (χ2n) is 20.3. The Balaban J connectivity index is 4.36. The average Bonchev–Trinajstić information content (AvgIpc) is 3.35. The summed E-state index contributed by atoms with van der Waals surface area (Å²) >= 11 is 0. The molecular weight excluding hydrogens is 853 g/mol. The summed E-state index contributed by atoms with van der Waals surface area (Å²) < 4.78 is 16.9. The van der Waals surface area contributed by atoms with Crippen LogP contribution in [0.2, 0.25) is 0 Å². The van der Waals surface area contributed by atoms with Crippen LogP contribution in [0.1, 0.15) is 316 Å². The molecule has 0 saturated heterocycles. The van der Waals surface area contributed by atoms with Gasteiger partial charge in [-0.15, -0.1) is 0 Å². The number of carbonyl (C=O) groups excluding carboxylic acids is 3. The molecular formula is C63H114O6. The highest BCUT2D eigenvalue weighted by molar-refractivity contribution is 5.71. The summed E-state index contributed by atoms with van der Waals surface area (Å²) in [6.07, 6.45) is 70.9. The maximum Gasteiger partial charge on any atom is 0.306 e. The Hall–Kier alpha value is -2.63. The smallest absolute Gasteiger partial charge is 0.306 e. The van der Waals surface area contributed by atoms with E-state index >= 15 is 0 Å². The van der Waals surface area contributed by atoms with Gasteiger partial charge in [-0.3, -0.25) is 14.4 Å². The molecule has 69 heavy (non-hydrogen) atoms. The first kappa shape index (κ1) is 66.4. The summed E-state index contributed by atoms with van der Waals surface area (Å²) in [6.45, 7) is 6.62. The summed E-state index contributed by atoms with van der Waals surface area (Å²) in [7, 11) is 0. The monoisotopic (exact) mass is 967 g/mol. The third-order valence-corrected chi connectivity index (χ3v) is 13.3. The normalized spacial score (nSPS) is 12.3. The topological polar surface area (TPSA) is 78.9 Å². The van der Waals surface area contributed by atoms with Crippen LogP contribution >= 0.6 is 0 Å². The van der Waals surface area contributed by atoms with E-state index in [-0.39, 0.29) is 31.1 Å². The molecule has 6 heteroatoms. The summed E-state index contributed by atoms with van der Waals surface area (Å²) in [6, 6.07) is 0. The molecule has 0 aliphatic carbocycles. The van der Waals surface area contributed by atoms with E-state index in [1.54, 1.807) is 0 Å². The molecule has 0 radical (unpaired) electrons. The highest BCUT2D eigenvalue weighted by atomic mass is 16.6. The average molecular weight is 968 g/mol. The number of unbranched alkanes of at least 4 members (excludes halogenated alkanes) is 37. The van der Waals surface area contributed by atoms with Crippen LogP contribution in [0, 0.1) is 0 Å². The van der Waals surface area contributed by atoms with Gasteiger partial charge in [0.1, 0.15) is 13.2 Å². The Labute approximate surface area is 428 Å². The van der Waals surface area contributed by atoms with Gasteiger partial charge in [-0.25, -0.2) is 0 Å². The molecule has 0 fully saturated rings.